The third-order valence-corrected chi connectivity index (χ3v) is 7.35. The molecule has 1 aromatic carbocycles. The van der Waals surface area contributed by atoms with E-state index in [1.54, 1.807) is 0 Å². The molecule has 4 nitrogen and oxygen atoms in total. The summed E-state index contributed by atoms with van der Waals surface area (Å²) in [6.45, 7) is -1.09. The summed E-state index contributed by atoms with van der Waals surface area (Å²) in [5.74, 6) is -2.06. The van der Waals surface area contributed by atoms with Gasteiger partial charge in [-0.25, -0.2) is 8.78 Å². The van der Waals surface area contributed by atoms with Crippen LogP contribution in [0.4, 0.5) is 8.78 Å². The number of nitrogens with zero attached hydrogens (tertiary/aromatic N) is 2. The average molecular weight is 521 g/mol. The molecule has 1 amide bonds. The van der Waals surface area contributed by atoms with Gasteiger partial charge >= 0.3 is 0 Å². The second-order valence-corrected chi connectivity index (χ2v) is 10.5. The lowest BCUT2D eigenvalue weighted by molar-refractivity contribution is -0.0195. The molecule has 0 spiro atoms. The second kappa shape index (κ2) is 10.2. The third-order valence-electron chi connectivity index (χ3n) is 7.06. The van der Waals surface area contributed by atoms with Crippen LogP contribution in [0.25, 0.3) is 0 Å². The summed E-state index contributed by atoms with van der Waals surface area (Å²) < 4.78 is 30.8. The van der Waals surface area contributed by atoms with E-state index in [9.17, 15) is 9.18 Å². The molecular formula is C20H9B13ClF2N3O. The standard InChI is InChI=1S/C20H9B13ClF2N3O/c21-15(22,23)9-2-4-12(37-6-9)16(24,25)38-7-14(36)17(26,27)19(30,31)39(20(32,33)18(14,28)29)13(40)8-1-3-11(35)10(34)5-8/h1-6,38H,7H2. The van der Waals surface area contributed by atoms with E-state index in [0.29, 0.717) is 4.90 Å². The Morgan fingerprint density at radius 2 is 1.45 bits per heavy atom. The van der Waals surface area contributed by atoms with E-state index >= 15 is 4.39 Å². The van der Waals surface area contributed by atoms with E-state index < -0.39 is 60.5 Å². The molecule has 0 unspecified atom stereocenters. The first kappa shape index (κ1) is 33.3. The van der Waals surface area contributed by atoms with Gasteiger partial charge in [-0.3, -0.25) is 9.78 Å². The molecule has 3 rings (SSSR count). The van der Waals surface area contributed by atoms with E-state index in [-0.39, 0.29) is 16.8 Å². The molecule has 40 heavy (non-hydrogen) atoms. The van der Waals surface area contributed by atoms with Crippen molar-refractivity contribution in [3.63, 3.8) is 0 Å². The highest BCUT2D eigenvalue weighted by Crippen LogP contribution is 2.64. The van der Waals surface area contributed by atoms with Gasteiger partial charge in [0, 0.05) is 24.0 Å². The van der Waals surface area contributed by atoms with Crippen LogP contribution in [-0.4, -0.2) is 141 Å². The Bertz CT molecular complexity index is 1280. The Kier molecular flexibility index (Phi) is 8.50. The molecule has 1 saturated heterocycles. The van der Waals surface area contributed by atoms with Crippen LogP contribution < -0.4 is 5.32 Å². The van der Waals surface area contributed by atoms with Crippen molar-refractivity contribution in [2.75, 3.05) is 6.54 Å². The maximum absolute atomic E-state index is 17.1. The number of hydrogen-bond acceptors (Lipinski definition) is 3. The van der Waals surface area contributed by atoms with Crippen LogP contribution in [-0.2, 0) is 10.5 Å². The number of aromatic nitrogens is 1. The molecule has 1 aliphatic rings. The topological polar surface area (TPSA) is 45.2 Å². The highest BCUT2D eigenvalue weighted by Gasteiger charge is 2.70. The molecule has 170 valence electrons. The minimum absolute atomic E-state index is 0.0669. The van der Waals surface area contributed by atoms with Crippen molar-refractivity contribution in [3.05, 3.63) is 64.2 Å². The van der Waals surface area contributed by atoms with Gasteiger partial charge in [0.1, 0.15) is 11.5 Å². The summed E-state index contributed by atoms with van der Waals surface area (Å²) in [5, 5.41) is -13.7. The highest BCUT2D eigenvalue weighted by molar-refractivity contribution is 6.62. The van der Waals surface area contributed by atoms with Crippen LogP contribution in [0, 0.1) is 5.82 Å². The molecule has 26 radical (unpaired) electrons. The highest BCUT2D eigenvalue weighted by atomic mass is 35.5. The number of likely N-dealkylation sites (tertiary alicyclic amines) is 1. The zero-order chi connectivity index (χ0) is 30.9. The number of halogens is 3. The largest absolute Gasteiger partial charge is 0.363 e. The first-order valence-corrected chi connectivity index (χ1v) is 11.7. The predicted molar refractivity (Wildman–Crippen MR) is 163 cm³/mol. The summed E-state index contributed by atoms with van der Waals surface area (Å²) in [6, 6.07) is 5.44. The molecule has 2 heterocycles. The molecule has 0 saturated carbocycles. The second-order valence-electron chi connectivity index (χ2n) is 10.0. The molecule has 1 fully saturated rings. The van der Waals surface area contributed by atoms with Crippen molar-refractivity contribution in [1.82, 2.24) is 15.2 Å². The molecule has 1 N–H and O–H groups in total. The van der Waals surface area contributed by atoms with Gasteiger partial charge in [-0.15, -0.1) is 5.11 Å². The molecule has 1 aliphatic heterocycles. The van der Waals surface area contributed by atoms with Crippen molar-refractivity contribution in [3.8, 4) is 0 Å². The molecular weight excluding hydrogens is 512 g/mol. The van der Waals surface area contributed by atoms with Gasteiger partial charge in [-0.2, -0.15) is 0 Å². The summed E-state index contributed by atoms with van der Waals surface area (Å²) in [7, 11) is 78.3. The molecule has 0 bridgehead atoms. The SMILES string of the molecule is [B]C([B])([B])c1ccc(C([B])([B])NCC2(F)C([B])([B])C([B])([B])N(C(=O)c3ccc(F)c(Cl)c3)C([B])([B])C2([B])[B])nc1. The molecule has 0 aliphatic carbocycles. The summed E-state index contributed by atoms with van der Waals surface area (Å²) in [5.41, 5.74) is -3.55. The lowest BCUT2D eigenvalue weighted by Crippen LogP contribution is -2.85. The van der Waals surface area contributed by atoms with Crippen LogP contribution >= 0.6 is 11.6 Å². The van der Waals surface area contributed by atoms with Crippen LogP contribution in [0.1, 0.15) is 21.6 Å². The Labute approximate surface area is 255 Å². The fraction of sp³-hybridized carbons (Fsp3) is 0.400. The van der Waals surface area contributed by atoms with E-state index in [1.165, 1.54) is 18.3 Å². The van der Waals surface area contributed by atoms with Crippen molar-refractivity contribution >= 4 is 120 Å². The lowest BCUT2D eigenvalue weighted by atomic mass is 9.15. The zero-order valence-electron chi connectivity index (χ0n) is 21.1. The first-order valence-electron chi connectivity index (χ1n) is 11.3. The molecule has 1 aromatic heterocycles. The fourth-order valence-corrected chi connectivity index (χ4v) is 4.47. The maximum atomic E-state index is 17.1. The number of benzene rings is 1. The van der Waals surface area contributed by atoms with Gasteiger partial charge in [0.25, 0.3) is 5.91 Å². The Morgan fingerprint density at radius 1 is 0.925 bits per heavy atom. The zero-order valence-corrected chi connectivity index (χ0v) is 21.9. The number of amides is 1. The van der Waals surface area contributed by atoms with Crippen molar-refractivity contribution < 1.29 is 13.6 Å². The third kappa shape index (κ3) is 5.03. The van der Waals surface area contributed by atoms with Gasteiger partial charge in [-0.1, -0.05) is 28.1 Å². The van der Waals surface area contributed by atoms with Gasteiger partial charge in [0.15, 0.2) is 0 Å². The number of nitrogens with one attached hydrogen (secondary N) is 1. The minimum Gasteiger partial charge on any atom is -0.363 e. The molecule has 2 aromatic rings. The Balaban J connectivity index is 2.04. The monoisotopic (exact) mass is 523 g/mol. The number of hydrogen-bond donors (Lipinski definition) is 1. The van der Waals surface area contributed by atoms with E-state index in [2.05, 4.69) is 10.3 Å². The smallest absolute Gasteiger partial charge is 0.252 e. The number of carbonyl (C=O) groups excluding carboxylic acids is 1. The lowest BCUT2D eigenvalue weighted by Gasteiger charge is -2.76. The van der Waals surface area contributed by atoms with Gasteiger partial charge < -0.3 is 10.2 Å². The molecule has 0 atom stereocenters. The Hall–Kier alpha value is -1.21. The van der Waals surface area contributed by atoms with E-state index in [1.807, 2.05) is 0 Å². The number of rotatable bonds is 6. The van der Waals surface area contributed by atoms with Crippen LogP contribution in [0.5, 0.6) is 0 Å². The minimum atomic E-state index is -3.37. The summed E-state index contributed by atoms with van der Waals surface area (Å²) in [6.07, 6.45) is 1.18. The number of alkyl halides is 1. The summed E-state index contributed by atoms with van der Waals surface area (Å²) >= 11 is 5.78. The van der Waals surface area contributed by atoms with Crippen molar-refractivity contribution in [2.24, 2.45) is 0 Å². The predicted octanol–water partition coefficient (Wildman–Crippen LogP) is -2.72. The normalized spacial score (nSPS) is 20.9. The Morgan fingerprint density at radius 3 is 1.88 bits per heavy atom. The van der Waals surface area contributed by atoms with Gasteiger partial charge in [-0.05, 0) is 45.8 Å². The number of piperidine rings is 1. The average Bonchev–Trinajstić information content (AvgIpc) is 2.82. The molecule has 20 heteroatoms. The van der Waals surface area contributed by atoms with Crippen LogP contribution in [0.15, 0.2) is 36.5 Å². The van der Waals surface area contributed by atoms with Crippen LogP contribution in [0.3, 0.4) is 0 Å². The van der Waals surface area contributed by atoms with Crippen molar-refractivity contribution in [1.29, 1.82) is 0 Å². The van der Waals surface area contributed by atoms with Gasteiger partial charge in [0.2, 0.25) is 0 Å². The maximum Gasteiger partial charge on any atom is 0.252 e. The number of carbonyl (C=O) groups is 1. The van der Waals surface area contributed by atoms with E-state index in [0.717, 1.165) is 18.2 Å². The fourth-order valence-electron chi connectivity index (χ4n) is 4.29. The quantitative estimate of drug-likeness (QED) is 0.421. The van der Waals surface area contributed by atoms with Gasteiger partial charge in [0.05, 0.1) is 107 Å². The first-order chi connectivity index (χ1) is 17.9. The number of pyridine rings is 1. The van der Waals surface area contributed by atoms with Crippen molar-refractivity contribution in [2.45, 2.75) is 37.2 Å². The van der Waals surface area contributed by atoms with E-state index in [4.69, 9.17) is 114 Å². The van der Waals surface area contributed by atoms with Crippen LogP contribution in [0.2, 0.25) is 15.5 Å². The summed E-state index contributed by atoms with van der Waals surface area (Å²) in [4.78, 5) is 17.8.